The highest BCUT2D eigenvalue weighted by atomic mass is 16.7. The highest BCUT2D eigenvalue weighted by molar-refractivity contribution is 6.23. The smallest absolute Gasteiger partial charge is 0.339 e. The van der Waals surface area contributed by atoms with Crippen LogP contribution in [0.25, 0.3) is 0 Å². The van der Waals surface area contributed by atoms with E-state index in [2.05, 4.69) is 5.32 Å². The summed E-state index contributed by atoms with van der Waals surface area (Å²) in [4.78, 5) is 42.9. The number of carbonyl (C=O) groups is 3. The van der Waals surface area contributed by atoms with Crippen LogP contribution in [0.1, 0.15) is 37.3 Å². The van der Waals surface area contributed by atoms with Gasteiger partial charge in [-0.1, -0.05) is 17.7 Å². The van der Waals surface area contributed by atoms with Crippen LogP contribution < -0.4 is 25.4 Å². The SMILES string of the molecule is CCOC(=O)C1=C(N)N(c2ccc3c(c2)OCO3)C2=C(C(=O)CCC2)C12C(=O)Nc1ccc(C)cc12. The van der Waals surface area contributed by atoms with E-state index in [1.54, 1.807) is 36.1 Å². The lowest BCUT2D eigenvalue weighted by atomic mass is 9.63. The Morgan fingerprint density at radius 2 is 1.94 bits per heavy atom. The summed E-state index contributed by atoms with van der Waals surface area (Å²) in [7, 11) is 0. The number of benzene rings is 2. The average Bonchev–Trinajstić information content (AvgIpc) is 3.42. The third kappa shape index (κ3) is 2.85. The van der Waals surface area contributed by atoms with Crippen molar-refractivity contribution in [3.05, 3.63) is 70.2 Å². The molecule has 2 aromatic rings. The Balaban J connectivity index is 1.69. The van der Waals surface area contributed by atoms with E-state index < -0.39 is 17.3 Å². The molecule has 0 aromatic heterocycles. The van der Waals surface area contributed by atoms with Crippen LogP contribution in [0.4, 0.5) is 11.4 Å². The zero-order valence-corrected chi connectivity index (χ0v) is 20.0. The number of nitrogens with two attached hydrogens (primary N) is 1. The summed E-state index contributed by atoms with van der Waals surface area (Å²) in [6.07, 6.45) is 1.36. The first-order valence-electron chi connectivity index (χ1n) is 11.9. The third-order valence-electron chi connectivity index (χ3n) is 7.16. The van der Waals surface area contributed by atoms with E-state index in [0.29, 0.717) is 47.0 Å². The Hall–Kier alpha value is -4.27. The Morgan fingerprint density at radius 1 is 1.14 bits per heavy atom. The van der Waals surface area contributed by atoms with Crippen LogP contribution >= 0.6 is 0 Å². The van der Waals surface area contributed by atoms with Gasteiger partial charge < -0.3 is 25.3 Å². The van der Waals surface area contributed by atoms with Crippen LogP contribution in [-0.2, 0) is 24.5 Å². The number of amides is 1. The van der Waals surface area contributed by atoms with Gasteiger partial charge in [-0.05, 0) is 44.9 Å². The molecule has 9 heteroatoms. The Kier molecular flexibility index (Phi) is 4.86. The molecule has 36 heavy (non-hydrogen) atoms. The number of nitrogens with one attached hydrogen (secondary N) is 1. The molecule has 1 aliphatic carbocycles. The maximum absolute atomic E-state index is 13.9. The first-order chi connectivity index (χ1) is 17.4. The molecule has 1 amide bonds. The molecule has 6 rings (SSSR count). The van der Waals surface area contributed by atoms with E-state index >= 15 is 0 Å². The number of allylic oxidation sites excluding steroid dienone is 1. The lowest BCUT2D eigenvalue weighted by Gasteiger charge is -2.44. The second-order valence-electron chi connectivity index (χ2n) is 9.21. The Bertz CT molecular complexity index is 1420. The van der Waals surface area contributed by atoms with Gasteiger partial charge in [-0.15, -0.1) is 0 Å². The van der Waals surface area contributed by atoms with Crippen molar-refractivity contribution in [1.82, 2.24) is 0 Å². The molecule has 0 radical (unpaired) electrons. The molecule has 1 spiro atoms. The van der Waals surface area contributed by atoms with Crippen molar-refractivity contribution in [2.75, 3.05) is 23.6 Å². The van der Waals surface area contributed by atoms with Crippen molar-refractivity contribution >= 4 is 29.0 Å². The van der Waals surface area contributed by atoms with Gasteiger partial charge in [-0.3, -0.25) is 14.5 Å². The number of anilines is 2. The normalized spacial score (nSPS) is 22.1. The predicted octanol–water partition coefficient (Wildman–Crippen LogP) is 3.17. The van der Waals surface area contributed by atoms with E-state index in [-0.39, 0.29) is 42.6 Å². The van der Waals surface area contributed by atoms with Crippen LogP contribution in [-0.4, -0.2) is 31.1 Å². The number of ketones is 1. The number of nitrogens with zero attached hydrogens (tertiary/aromatic N) is 1. The first kappa shape index (κ1) is 22.2. The number of rotatable bonds is 3. The minimum Gasteiger partial charge on any atom is -0.462 e. The fourth-order valence-electron chi connectivity index (χ4n) is 5.74. The van der Waals surface area contributed by atoms with Crippen LogP contribution in [0.5, 0.6) is 11.5 Å². The molecule has 3 heterocycles. The van der Waals surface area contributed by atoms with Gasteiger partial charge in [0.1, 0.15) is 16.8 Å². The van der Waals surface area contributed by atoms with Crippen LogP contribution in [0, 0.1) is 6.92 Å². The molecule has 0 saturated heterocycles. The monoisotopic (exact) mass is 487 g/mol. The molecule has 4 aliphatic rings. The van der Waals surface area contributed by atoms with Crippen molar-refractivity contribution in [2.24, 2.45) is 5.73 Å². The van der Waals surface area contributed by atoms with E-state index in [1.807, 2.05) is 19.1 Å². The summed E-state index contributed by atoms with van der Waals surface area (Å²) in [5.41, 5.74) is 8.47. The molecular weight excluding hydrogens is 462 g/mol. The molecule has 2 aromatic carbocycles. The summed E-state index contributed by atoms with van der Waals surface area (Å²) in [6.45, 7) is 3.76. The average molecular weight is 488 g/mol. The molecule has 184 valence electrons. The quantitative estimate of drug-likeness (QED) is 0.634. The summed E-state index contributed by atoms with van der Waals surface area (Å²) < 4.78 is 16.4. The largest absolute Gasteiger partial charge is 0.462 e. The van der Waals surface area contributed by atoms with Crippen molar-refractivity contribution < 1.29 is 28.6 Å². The number of esters is 1. The summed E-state index contributed by atoms with van der Waals surface area (Å²) in [5.74, 6) is -0.250. The zero-order valence-electron chi connectivity index (χ0n) is 20.0. The number of fused-ring (bicyclic) bond motifs is 4. The summed E-state index contributed by atoms with van der Waals surface area (Å²) >= 11 is 0. The highest BCUT2D eigenvalue weighted by Crippen LogP contribution is 2.56. The fourth-order valence-corrected chi connectivity index (χ4v) is 5.74. The minimum absolute atomic E-state index is 0.0465. The number of ether oxygens (including phenoxy) is 3. The van der Waals surface area contributed by atoms with Crippen molar-refractivity contribution in [3.63, 3.8) is 0 Å². The van der Waals surface area contributed by atoms with Crippen LogP contribution in [0.15, 0.2) is 59.1 Å². The highest BCUT2D eigenvalue weighted by Gasteiger charge is 2.62. The third-order valence-corrected chi connectivity index (χ3v) is 7.16. The number of hydrogen-bond donors (Lipinski definition) is 2. The summed E-state index contributed by atoms with van der Waals surface area (Å²) in [5, 5.41) is 2.90. The summed E-state index contributed by atoms with van der Waals surface area (Å²) in [6, 6.07) is 10.8. The van der Waals surface area contributed by atoms with Crippen LogP contribution in [0.3, 0.4) is 0 Å². The lowest BCUT2D eigenvalue weighted by Crippen LogP contribution is -2.53. The van der Waals surface area contributed by atoms with Gasteiger partial charge in [0.05, 0.1) is 12.3 Å². The van der Waals surface area contributed by atoms with Gasteiger partial charge in [0.15, 0.2) is 17.3 Å². The maximum Gasteiger partial charge on any atom is 0.339 e. The van der Waals surface area contributed by atoms with Crippen molar-refractivity contribution in [2.45, 2.75) is 38.5 Å². The van der Waals surface area contributed by atoms with Crippen LogP contribution in [0.2, 0.25) is 0 Å². The molecule has 1 atom stereocenters. The Labute approximate surface area is 207 Å². The molecule has 3 N–H and O–H groups in total. The number of carbonyl (C=O) groups excluding carboxylic acids is 3. The number of aryl methyl sites for hydroxylation is 1. The second-order valence-corrected chi connectivity index (χ2v) is 9.21. The molecule has 0 bridgehead atoms. The molecule has 0 fully saturated rings. The van der Waals surface area contributed by atoms with Gasteiger partial charge in [0.25, 0.3) is 0 Å². The molecule has 1 unspecified atom stereocenters. The first-order valence-corrected chi connectivity index (χ1v) is 11.9. The fraction of sp³-hybridized carbons (Fsp3) is 0.296. The van der Waals surface area contributed by atoms with Crippen molar-refractivity contribution in [3.8, 4) is 11.5 Å². The van der Waals surface area contributed by atoms with E-state index in [1.165, 1.54) is 0 Å². The molecule has 0 saturated carbocycles. The van der Waals surface area contributed by atoms with E-state index in [9.17, 15) is 14.4 Å². The van der Waals surface area contributed by atoms with Gasteiger partial charge in [0.2, 0.25) is 12.7 Å². The molecule has 9 nitrogen and oxygen atoms in total. The van der Waals surface area contributed by atoms with E-state index in [0.717, 1.165) is 5.56 Å². The minimum atomic E-state index is -1.70. The number of Topliss-reactive ketones (excluding diaryl/α,β-unsaturated/α-hetero) is 1. The standard InChI is InChI=1S/C27H25N3O6/c1-3-34-25(32)23-24(28)30(15-8-10-20-21(12-15)36-13-35-20)18-5-4-6-19(31)22(18)27(23)16-11-14(2)7-9-17(16)29-26(27)33/h7-12H,3-6,13,28H2,1-2H3,(H,29,33). The second kappa shape index (κ2) is 7.87. The predicted molar refractivity (Wildman–Crippen MR) is 130 cm³/mol. The number of hydrogen-bond acceptors (Lipinski definition) is 8. The van der Waals surface area contributed by atoms with E-state index in [4.69, 9.17) is 19.9 Å². The molecule has 3 aliphatic heterocycles. The van der Waals surface area contributed by atoms with Gasteiger partial charge in [0, 0.05) is 35.0 Å². The van der Waals surface area contributed by atoms with Crippen molar-refractivity contribution in [1.29, 1.82) is 0 Å². The van der Waals surface area contributed by atoms with Gasteiger partial charge in [-0.25, -0.2) is 4.79 Å². The zero-order chi connectivity index (χ0) is 25.2. The maximum atomic E-state index is 13.9. The topological polar surface area (TPSA) is 120 Å². The Morgan fingerprint density at radius 3 is 2.75 bits per heavy atom. The van der Waals surface area contributed by atoms with Gasteiger partial charge >= 0.3 is 5.97 Å². The lowest BCUT2D eigenvalue weighted by molar-refractivity contribution is -0.140. The molecular formula is C27H25N3O6. The van der Waals surface area contributed by atoms with Gasteiger partial charge in [-0.2, -0.15) is 0 Å².